The van der Waals surface area contributed by atoms with E-state index in [2.05, 4.69) is 0 Å². The zero-order valence-corrected chi connectivity index (χ0v) is 27.7. The van der Waals surface area contributed by atoms with Crippen LogP contribution in [0.15, 0.2) is 90.1 Å². The summed E-state index contributed by atoms with van der Waals surface area (Å²) < 4.78 is 37.8. The van der Waals surface area contributed by atoms with Gasteiger partial charge in [-0.05, 0) is 79.4 Å². The third-order valence-corrected chi connectivity index (χ3v) is 10.2. The fourth-order valence-corrected chi connectivity index (χ4v) is 7.75. The topological polar surface area (TPSA) is 132 Å². The summed E-state index contributed by atoms with van der Waals surface area (Å²) in [6.07, 6.45) is 4.41. The normalized spacial score (nSPS) is 18.3. The van der Waals surface area contributed by atoms with Crippen LogP contribution >= 0.6 is 0 Å². The highest BCUT2D eigenvalue weighted by atomic mass is 32.2. The Labute approximate surface area is 279 Å². The molecule has 1 fully saturated rings. The Kier molecular flexibility index (Phi) is 9.02. The molecule has 6 rings (SSSR count). The van der Waals surface area contributed by atoms with Crippen molar-refractivity contribution in [1.29, 1.82) is 5.26 Å². The van der Waals surface area contributed by atoms with Gasteiger partial charge in [-0.1, -0.05) is 37.3 Å². The number of para-hydroxylation sites is 1. The molecule has 2 aliphatic heterocycles. The Hall–Kier alpha value is -5.47. The summed E-state index contributed by atoms with van der Waals surface area (Å²) in [6, 6.07) is 23.1. The second-order valence-corrected chi connectivity index (χ2v) is 14.0. The van der Waals surface area contributed by atoms with Gasteiger partial charge in [0, 0.05) is 22.9 Å². The minimum atomic E-state index is -3.45. The van der Waals surface area contributed by atoms with Crippen molar-refractivity contribution in [2.75, 3.05) is 25.2 Å². The molecule has 1 atom stereocenters. The van der Waals surface area contributed by atoms with Gasteiger partial charge < -0.3 is 9.47 Å². The summed E-state index contributed by atoms with van der Waals surface area (Å²) in [5, 5.41) is 15.3. The number of benzene rings is 3. The fraction of sp³-hybridized carbons (Fsp3) is 0.243. The highest BCUT2D eigenvalue weighted by molar-refractivity contribution is 7.91. The molecule has 1 unspecified atom stereocenters. The quantitative estimate of drug-likeness (QED) is 0.168. The van der Waals surface area contributed by atoms with Gasteiger partial charge in [-0.15, -0.1) is 0 Å². The van der Waals surface area contributed by atoms with Gasteiger partial charge in [0.25, 0.3) is 11.8 Å². The second-order valence-electron chi connectivity index (χ2n) is 11.7. The van der Waals surface area contributed by atoms with Crippen LogP contribution in [0.2, 0.25) is 0 Å². The molecule has 3 aromatic carbocycles. The molecular formula is C37H34N4O6S. The average Bonchev–Trinajstić information content (AvgIpc) is 3.68. The van der Waals surface area contributed by atoms with Gasteiger partial charge in [0.15, 0.2) is 9.84 Å². The first-order valence-electron chi connectivity index (χ1n) is 15.6. The minimum Gasteiger partial charge on any atom is -0.497 e. The number of nitriles is 1. The van der Waals surface area contributed by atoms with E-state index in [0.717, 1.165) is 33.9 Å². The van der Waals surface area contributed by atoms with Crippen LogP contribution in [0.3, 0.4) is 0 Å². The lowest BCUT2D eigenvalue weighted by atomic mass is 9.86. The maximum Gasteiger partial charge on any atom is 0.272 e. The van der Waals surface area contributed by atoms with E-state index in [1.54, 1.807) is 41.2 Å². The molecule has 1 saturated heterocycles. The third-order valence-electron chi connectivity index (χ3n) is 8.44. The van der Waals surface area contributed by atoms with Crippen molar-refractivity contribution in [2.45, 2.75) is 32.7 Å². The summed E-state index contributed by atoms with van der Waals surface area (Å²) in [7, 11) is -1.93. The number of hydrogen-bond donors (Lipinski definition) is 0. The van der Waals surface area contributed by atoms with Gasteiger partial charge in [-0.25, -0.2) is 13.1 Å². The maximum absolute atomic E-state index is 14.5. The Balaban J connectivity index is 1.58. The molecule has 3 heterocycles. The number of imide groups is 1. The van der Waals surface area contributed by atoms with Crippen LogP contribution in [-0.2, 0) is 19.4 Å². The van der Waals surface area contributed by atoms with Crippen molar-refractivity contribution in [3.63, 3.8) is 0 Å². The summed E-state index contributed by atoms with van der Waals surface area (Å²) in [4.78, 5) is 29.3. The van der Waals surface area contributed by atoms with Crippen molar-refractivity contribution in [3.8, 4) is 34.5 Å². The van der Waals surface area contributed by atoms with Gasteiger partial charge in [0.1, 0.15) is 23.1 Å². The summed E-state index contributed by atoms with van der Waals surface area (Å²) >= 11 is 0. The van der Waals surface area contributed by atoms with Crippen LogP contribution in [-0.4, -0.2) is 66.2 Å². The average molecular weight is 663 g/mol. The number of carbonyl (C=O) groups is 2. The highest BCUT2D eigenvalue weighted by Gasteiger charge is 2.45. The van der Waals surface area contributed by atoms with Crippen LogP contribution < -0.4 is 9.47 Å². The minimum absolute atomic E-state index is 0.0779. The van der Waals surface area contributed by atoms with Gasteiger partial charge >= 0.3 is 0 Å². The van der Waals surface area contributed by atoms with E-state index in [-0.39, 0.29) is 34.6 Å². The van der Waals surface area contributed by atoms with E-state index in [1.165, 1.54) is 7.11 Å². The van der Waals surface area contributed by atoms with E-state index in [9.17, 15) is 23.3 Å². The Morgan fingerprint density at radius 2 is 1.75 bits per heavy atom. The predicted octanol–water partition coefficient (Wildman–Crippen LogP) is 5.56. The number of aromatic nitrogens is 2. The summed E-state index contributed by atoms with van der Waals surface area (Å²) in [5.74, 6) is -0.666. The molecule has 0 radical (unpaired) electrons. The van der Waals surface area contributed by atoms with Crippen LogP contribution in [0, 0.1) is 18.3 Å². The van der Waals surface area contributed by atoms with Crippen LogP contribution in [0.4, 0.5) is 0 Å². The number of nitrogens with zero attached hydrogens (tertiary/aromatic N) is 4. The number of rotatable bonds is 9. The molecule has 0 bridgehead atoms. The first-order chi connectivity index (χ1) is 23.1. The molecule has 0 N–H and O–H groups in total. The molecule has 2 aliphatic rings. The van der Waals surface area contributed by atoms with E-state index < -0.39 is 27.7 Å². The van der Waals surface area contributed by atoms with Gasteiger partial charge in [-0.2, -0.15) is 10.4 Å². The lowest BCUT2D eigenvalue weighted by Gasteiger charge is -2.32. The fourth-order valence-electron chi connectivity index (χ4n) is 6.05. The molecule has 1 aromatic heterocycles. The molecule has 4 aromatic rings. The van der Waals surface area contributed by atoms with Gasteiger partial charge in [-0.3, -0.25) is 14.5 Å². The van der Waals surface area contributed by atoms with Gasteiger partial charge in [0.05, 0.1) is 48.2 Å². The first kappa shape index (κ1) is 32.5. The van der Waals surface area contributed by atoms with Crippen LogP contribution in [0.25, 0.3) is 28.6 Å². The van der Waals surface area contributed by atoms with Crippen molar-refractivity contribution in [1.82, 2.24) is 14.7 Å². The lowest BCUT2D eigenvalue weighted by Crippen LogP contribution is -2.49. The number of aryl methyl sites for hydroxylation is 1. The third kappa shape index (κ3) is 6.27. The molecular weight excluding hydrogens is 628 g/mol. The van der Waals surface area contributed by atoms with E-state index in [1.807, 2.05) is 68.4 Å². The maximum atomic E-state index is 14.5. The van der Waals surface area contributed by atoms with E-state index >= 15 is 0 Å². The first-order valence-corrected chi connectivity index (χ1v) is 17.4. The highest BCUT2D eigenvalue weighted by Crippen LogP contribution is 2.39. The number of carbonyl (C=O) groups excluding carboxylic acids is 2. The Bertz CT molecular complexity index is 2110. The number of ether oxygens (including phenoxy) is 2. The summed E-state index contributed by atoms with van der Waals surface area (Å²) in [5.41, 5.74) is 4.03. The number of amides is 2. The van der Waals surface area contributed by atoms with Crippen LogP contribution in [0.1, 0.15) is 36.5 Å². The second kappa shape index (κ2) is 13.3. The smallest absolute Gasteiger partial charge is 0.272 e. The van der Waals surface area contributed by atoms with E-state index in [0.29, 0.717) is 29.2 Å². The molecule has 0 spiro atoms. The van der Waals surface area contributed by atoms with Crippen molar-refractivity contribution < 1.29 is 27.5 Å². The summed E-state index contributed by atoms with van der Waals surface area (Å²) in [6.45, 7) is 4.58. The Morgan fingerprint density at radius 3 is 2.38 bits per heavy atom. The van der Waals surface area contributed by atoms with Crippen molar-refractivity contribution in [2.24, 2.45) is 0 Å². The van der Waals surface area contributed by atoms with E-state index in [4.69, 9.17) is 14.6 Å². The molecule has 0 aliphatic carbocycles. The molecule has 48 heavy (non-hydrogen) atoms. The Morgan fingerprint density at radius 1 is 1.02 bits per heavy atom. The molecule has 0 saturated carbocycles. The lowest BCUT2D eigenvalue weighted by molar-refractivity contribution is -0.142. The zero-order valence-electron chi connectivity index (χ0n) is 26.8. The number of methoxy groups -OCH3 is 1. The monoisotopic (exact) mass is 662 g/mol. The standard InChI is InChI=1S/C37H34N4O6S/c1-4-17-47-33-15-12-26(19-24(33)2)35-27(22-40(39-35)28-8-6-5-7-9-28)20-31-34(25-10-13-30(46-3)14-11-25)32(21-38)37(43)41(36(31)42)29-16-18-48(44,45)23-29/h5-15,19-20,22,29H,4,16-18,23H2,1-3H3/b31-20-. The molecule has 10 nitrogen and oxygen atoms in total. The molecule has 11 heteroatoms. The van der Waals surface area contributed by atoms with Crippen molar-refractivity contribution >= 4 is 33.3 Å². The number of sulfone groups is 1. The van der Waals surface area contributed by atoms with Crippen molar-refractivity contribution in [3.05, 3.63) is 107 Å². The molecule has 2 amide bonds. The predicted molar refractivity (Wildman–Crippen MR) is 182 cm³/mol. The van der Waals surface area contributed by atoms with Crippen LogP contribution in [0.5, 0.6) is 11.5 Å². The SMILES string of the molecule is CCCOc1ccc(-c2nn(-c3ccccc3)cc2/C=C2\C(=O)N(C3CCS(=O)(=O)C3)C(=O)C(C#N)=C2c2ccc(OC)cc2)cc1C. The molecule has 244 valence electrons. The zero-order chi connectivity index (χ0) is 34.0. The van der Waals surface area contributed by atoms with Gasteiger partial charge in [0.2, 0.25) is 0 Å². The number of hydrogen-bond acceptors (Lipinski definition) is 8. The largest absolute Gasteiger partial charge is 0.497 e.